The van der Waals surface area contributed by atoms with Crippen molar-refractivity contribution in [2.45, 2.75) is 91.0 Å². The van der Waals surface area contributed by atoms with Gasteiger partial charge in [-0.2, -0.15) is 0 Å². The van der Waals surface area contributed by atoms with Crippen molar-refractivity contribution in [3.63, 3.8) is 0 Å². The Labute approximate surface area is 183 Å². The van der Waals surface area contributed by atoms with Crippen LogP contribution in [0.3, 0.4) is 0 Å². The molecule has 1 unspecified atom stereocenters. The fourth-order valence-electron chi connectivity index (χ4n) is 5.00. The Bertz CT molecular complexity index is 695. The van der Waals surface area contributed by atoms with E-state index < -0.39 is 0 Å². The van der Waals surface area contributed by atoms with Gasteiger partial charge in [0.1, 0.15) is 5.75 Å². The van der Waals surface area contributed by atoms with Gasteiger partial charge in [-0.25, -0.2) is 4.31 Å². The lowest BCUT2D eigenvalue weighted by Crippen LogP contribution is -2.41. The number of hydrogen-bond donors (Lipinski definition) is 1. The number of piperidine rings is 1. The van der Waals surface area contributed by atoms with Gasteiger partial charge >= 0.3 is 0 Å². The quantitative estimate of drug-likeness (QED) is 0.584. The summed E-state index contributed by atoms with van der Waals surface area (Å²) in [4.78, 5) is 4.15. The maximum absolute atomic E-state index is 10.8. The largest absolute Gasteiger partial charge is 0.507 e. The van der Waals surface area contributed by atoms with Gasteiger partial charge in [-0.1, -0.05) is 20.8 Å². The molecule has 1 aromatic carbocycles. The molecule has 3 nitrogen and oxygen atoms in total. The van der Waals surface area contributed by atoms with Crippen molar-refractivity contribution in [2.75, 3.05) is 26.2 Å². The fraction of sp³-hybridized carbons (Fsp3) is 0.760. The van der Waals surface area contributed by atoms with Crippen molar-refractivity contribution in [3.05, 3.63) is 22.3 Å². The smallest absolute Gasteiger partial charge is 0.122 e. The molecule has 164 valence electrons. The van der Waals surface area contributed by atoms with E-state index in [1.807, 2.05) is 11.9 Å². The van der Waals surface area contributed by atoms with Crippen LogP contribution < -0.4 is 0 Å². The zero-order valence-corrected chi connectivity index (χ0v) is 20.4. The summed E-state index contributed by atoms with van der Waals surface area (Å²) < 4.78 is 2.59. The van der Waals surface area contributed by atoms with Crippen LogP contribution in [0, 0.1) is 32.6 Å². The van der Waals surface area contributed by atoms with Crippen LogP contribution in [-0.4, -0.2) is 46.5 Å². The van der Waals surface area contributed by atoms with Crippen LogP contribution in [0.4, 0.5) is 0 Å². The van der Waals surface area contributed by atoms with E-state index in [1.165, 1.54) is 74.3 Å². The minimum atomic E-state index is 0.522. The van der Waals surface area contributed by atoms with E-state index in [9.17, 15) is 5.11 Å². The van der Waals surface area contributed by atoms with Crippen LogP contribution in [0.1, 0.15) is 75.1 Å². The molecule has 2 aliphatic rings. The molecule has 0 aliphatic carbocycles. The third kappa shape index (κ3) is 5.51. The van der Waals surface area contributed by atoms with Gasteiger partial charge in [0, 0.05) is 24.0 Å². The summed E-state index contributed by atoms with van der Waals surface area (Å²) in [6.45, 7) is 18.3. The molecule has 1 N–H and O–H groups in total. The first-order valence-electron chi connectivity index (χ1n) is 11.8. The SMILES string of the molecule is Cc1c(C)c(SN2CCCC(N3CCC(C)CC3)CC2)c(C)c(CC(C)C)c1O. The molecule has 2 heterocycles. The highest BCUT2D eigenvalue weighted by molar-refractivity contribution is 7.97. The van der Waals surface area contributed by atoms with Crippen molar-refractivity contribution in [1.29, 1.82) is 0 Å². The lowest BCUT2D eigenvalue weighted by Gasteiger charge is -2.36. The van der Waals surface area contributed by atoms with Crippen molar-refractivity contribution in [1.82, 2.24) is 9.21 Å². The molecule has 0 bridgehead atoms. The summed E-state index contributed by atoms with van der Waals surface area (Å²) in [6, 6.07) is 0.772. The molecule has 0 amide bonds. The minimum absolute atomic E-state index is 0.522. The molecule has 0 aromatic heterocycles. The zero-order chi connectivity index (χ0) is 21.1. The first-order chi connectivity index (χ1) is 13.8. The molecule has 1 aromatic rings. The maximum atomic E-state index is 10.8. The van der Waals surface area contributed by atoms with Gasteiger partial charge in [0.05, 0.1) is 0 Å². The van der Waals surface area contributed by atoms with Crippen LogP contribution in [0.15, 0.2) is 4.90 Å². The monoisotopic (exact) mass is 418 g/mol. The van der Waals surface area contributed by atoms with Crippen LogP contribution in [0.25, 0.3) is 0 Å². The van der Waals surface area contributed by atoms with Crippen molar-refractivity contribution >= 4 is 11.9 Å². The predicted octanol–water partition coefficient (Wildman–Crippen LogP) is 6.11. The number of phenols is 1. The second-order valence-electron chi connectivity index (χ2n) is 9.95. The fourth-order valence-corrected chi connectivity index (χ4v) is 6.22. The van der Waals surface area contributed by atoms with Crippen molar-refractivity contribution in [2.24, 2.45) is 11.8 Å². The molecular weight excluding hydrogens is 376 g/mol. The molecule has 4 heteroatoms. The molecular formula is C25H42N2OS. The molecule has 2 saturated heterocycles. The Morgan fingerprint density at radius 2 is 1.62 bits per heavy atom. The first-order valence-corrected chi connectivity index (χ1v) is 12.5. The van der Waals surface area contributed by atoms with Gasteiger partial charge in [-0.05, 0) is 118 Å². The minimum Gasteiger partial charge on any atom is -0.507 e. The van der Waals surface area contributed by atoms with Crippen molar-refractivity contribution < 1.29 is 5.11 Å². The number of aromatic hydroxyl groups is 1. The molecule has 0 spiro atoms. The summed E-state index contributed by atoms with van der Waals surface area (Å²) in [5.74, 6) is 1.98. The Kier molecular flexibility index (Phi) is 7.97. The van der Waals surface area contributed by atoms with Crippen LogP contribution >= 0.6 is 11.9 Å². The Morgan fingerprint density at radius 1 is 0.931 bits per heavy atom. The second-order valence-corrected chi connectivity index (χ2v) is 11.1. The third-order valence-electron chi connectivity index (χ3n) is 7.16. The number of nitrogens with zero attached hydrogens (tertiary/aromatic N) is 2. The van der Waals surface area contributed by atoms with Gasteiger partial charge in [-0.15, -0.1) is 0 Å². The maximum Gasteiger partial charge on any atom is 0.122 e. The number of phenolic OH excluding ortho intramolecular Hbond substituents is 1. The van der Waals surface area contributed by atoms with Gasteiger partial charge in [-0.3, -0.25) is 0 Å². The lowest BCUT2D eigenvalue weighted by molar-refractivity contribution is 0.127. The van der Waals surface area contributed by atoms with E-state index in [-0.39, 0.29) is 0 Å². The average Bonchev–Trinajstić information content (AvgIpc) is 2.93. The van der Waals surface area contributed by atoms with Crippen LogP contribution in [-0.2, 0) is 6.42 Å². The average molecular weight is 419 g/mol. The van der Waals surface area contributed by atoms with E-state index >= 15 is 0 Å². The van der Waals surface area contributed by atoms with E-state index in [1.54, 1.807) is 0 Å². The van der Waals surface area contributed by atoms with Crippen LogP contribution in [0.5, 0.6) is 5.75 Å². The highest BCUT2D eigenvalue weighted by Gasteiger charge is 2.27. The number of benzene rings is 1. The molecule has 0 radical (unpaired) electrons. The Hall–Kier alpha value is -0.710. The number of likely N-dealkylation sites (tertiary alicyclic amines) is 1. The summed E-state index contributed by atoms with van der Waals surface area (Å²) in [5.41, 5.74) is 4.75. The van der Waals surface area contributed by atoms with E-state index in [2.05, 4.69) is 50.7 Å². The van der Waals surface area contributed by atoms with Gasteiger partial charge in [0.25, 0.3) is 0 Å². The van der Waals surface area contributed by atoms with Crippen LogP contribution in [0.2, 0.25) is 0 Å². The highest BCUT2D eigenvalue weighted by Crippen LogP contribution is 2.40. The topological polar surface area (TPSA) is 26.7 Å². The molecule has 3 rings (SSSR count). The zero-order valence-electron chi connectivity index (χ0n) is 19.6. The lowest BCUT2D eigenvalue weighted by atomic mass is 9.93. The second kappa shape index (κ2) is 10.1. The standard InChI is InChI=1S/C25H42N2OS/c1-17(2)16-23-21(6)25(20(5)19(4)24(23)28)29-27-12-7-8-22(11-15-27)26-13-9-18(3)10-14-26/h17-18,22,28H,7-16H2,1-6H3. The molecule has 29 heavy (non-hydrogen) atoms. The Morgan fingerprint density at radius 3 is 2.28 bits per heavy atom. The predicted molar refractivity (Wildman–Crippen MR) is 126 cm³/mol. The summed E-state index contributed by atoms with van der Waals surface area (Å²) in [7, 11) is 0. The van der Waals surface area contributed by atoms with Gasteiger partial charge < -0.3 is 10.0 Å². The molecule has 2 fully saturated rings. The summed E-state index contributed by atoms with van der Waals surface area (Å²) >= 11 is 1.95. The molecule has 1 atom stereocenters. The number of hydrogen-bond acceptors (Lipinski definition) is 4. The van der Waals surface area contributed by atoms with Gasteiger partial charge in [0.15, 0.2) is 0 Å². The molecule has 0 saturated carbocycles. The molecule has 2 aliphatic heterocycles. The third-order valence-corrected chi connectivity index (χ3v) is 8.58. The summed E-state index contributed by atoms with van der Waals surface area (Å²) in [5, 5.41) is 10.8. The normalized spacial score (nSPS) is 22.9. The van der Waals surface area contributed by atoms with Gasteiger partial charge in [0.2, 0.25) is 0 Å². The Balaban J connectivity index is 1.70. The van der Waals surface area contributed by atoms with E-state index in [0.717, 1.165) is 29.5 Å². The summed E-state index contributed by atoms with van der Waals surface area (Å²) in [6.07, 6.45) is 7.61. The van der Waals surface area contributed by atoms with E-state index in [4.69, 9.17) is 0 Å². The number of rotatable bonds is 5. The first kappa shape index (κ1) is 23.0. The van der Waals surface area contributed by atoms with E-state index in [0.29, 0.717) is 11.7 Å². The van der Waals surface area contributed by atoms with Crippen molar-refractivity contribution in [3.8, 4) is 5.75 Å². The highest BCUT2D eigenvalue weighted by atomic mass is 32.2.